The molecule has 0 radical (unpaired) electrons. The molecule has 0 spiro atoms. The molecule has 2 aromatic carbocycles. The quantitative estimate of drug-likeness (QED) is 0.718. The molecular formula is C19H24BrN. The van der Waals surface area contributed by atoms with Gasteiger partial charge in [0.05, 0.1) is 0 Å². The van der Waals surface area contributed by atoms with Crippen LogP contribution in [0.5, 0.6) is 0 Å². The third kappa shape index (κ3) is 4.42. The van der Waals surface area contributed by atoms with Crippen LogP contribution >= 0.6 is 15.9 Å². The van der Waals surface area contributed by atoms with Crippen LogP contribution in [0.3, 0.4) is 0 Å². The molecule has 0 bridgehead atoms. The molecule has 2 rings (SSSR count). The third-order valence-electron chi connectivity index (χ3n) is 3.83. The molecule has 0 amide bonds. The van der Waals surface area contributed by atoms with Gasteiger partial charge in [0.2, 0.25) is 0 Å². The van der Waals surface area contributed by atoms with E-state index < -0.39 is 0 Å². The van der Waals surface area contributed by atoms with Gasteiger partial charge in [-0.25, -0.2) is 0 Å². The number of hydrogen-bond acceptors (Lipinski definition) is 1. The van der Waals surface area contributed by atoms with Gasteiger partial charge < -0.3 is 5.32 Å². The minimum absolute atomic E-state index is 0.375. The first-order chi connectivity index (χ1) is 10.3. The Labute approximate surface area is 136 Å². The van der Waals surface area contributed by atoms with Gasteiger partial charge in [0, 0.05) is 10.5 Å². The van der Waals surface area contributed by atoms with Crippen LogP contribution < -0.4 is 5.32 Å². The Kier molecular flexibility index (Phi) is 6.47. The Morgan fingerprint density at radius 2 is 1.62 bits per heavy atom. The molecule has 0 aliphatic carbocycles. The van der Waals surface area contributed by atoms with Crippen LogP contribution in [0.2, 0.25) is 0 Å². The summed E-state index contributed by atoms with van der Waals surface area (Å²) >= 11 is 3.67. The Morgan fingerprint density at radius 1 is 0.952 bits per heavy atom. The summed E-state index contributed by atoms with van der Waals surface area (Å²) in [6.45, 7) is 5.50. The van der Waals surface area contributed by atoms with Gasteiger partial charge in [-0.1, -0.05) is 72.2 Å². The molecular weight excluding hydrogens is 322 g/mol. The zero-order valence-corrected chi connectivity index (χ0v) is 14.5. The van der Waals surface area contributed by atoms with Crippen molar-refractivity contribution in [1.82, 2.24) is 5.32 Å². The van der Waals surface area contributed by atoms with E-state index in [1.54, 1.807) is 0 Å². The van der Waals surface area contributed by atoms with Crippen LogP contribution in [-0.2, 0) is 12.8 Å². The van der Waals surface area contributed by atoms with E-state index in [4.69, 9.17) is 0 Å². The van der Waals surface area contributed by atoms with Crippen molar-refractivity contribution in [1.29, 1.82) is 0 Å². The van der Waals surface area contributed by atoms with Gasteiger partial charge in [-0.05, 0) is 48.6 Å². The maximum atomic E-state index is 3.72. The summed E-state index contributed by atoms with van der Waals surface area (Å²) in [4.78, 5) is 0. The molecule has 2 heteroatoms. The monoisotopic (exact) mass is 345 g/mol. The Balaban J connectivity index is 2.28. The maximum Gasteiger partial charge on any atom is 0.0363 e. The molecule has 1 unspecified atom stereocenters. The summed E-state index contributed by atoms with van der Waals surface area (Å²) in [6, 6.07) is 17.7. The van der Waals surface area contributed by atoms with Gasteiger partial charge in [0.1, 0.15) is 0 Å². The van der Waals surface area contributed by atoms with Crippen molar-refractivity contribution < 1.29 is 0 Å². The molecule has 0 saturated heterocycles. The van der Waals surface area contributed by atoms with Gasteiger partial charge in [-0.2, -0.15) is 0 Å². The van der Waals surface area contributed by atoms with Gasteiger partial charge in [-0.15, -0.1) is 0 Å². The number of halogens is 1. The van der Waals surface area contributed by atoms with Crippen LogP contribution in [0.25, 0.3) is 0 Å². The summed E-state index contributed by atoms with van der Waals surface area (Å²) in [6.07, 6.45) is 3.25. The SMILES string of the molecule is CCCNC(Cc1ccccc1Br)c1ccccc1CC. The normalized spacial score (nSPS) is 12.3. The third-order valence-corrected chi connectivity index (χ3v) is 4.61. The fraction of sp³-hybridized carbons (Fsp3) is 0.368. The highest BCUT2D eigenvalue weighted by molar-refractivity contribution is 9.10. The molecule has 0 aliphatic rings. The average Bonchev–Trinajstić information content (AvgIpc) is 2.53. The maximum absolute atomic E-state index is 3.72. The van der Waals surface area contributed by atoms with Crippen LogP contribution in [0.1, 0.15) is 43.0 Å². The van der Waals surface area contributed by atoms with Crippen molar-refractivity contribution in [3.8, 4) is 0 Å². The second-order valence-electron chi connectivity index (χ2n) is 5.35. The lowest BCUT2D eigenvalue weighted by Gasteiger charge is -2.22. The van der Waals surface area contributed by atoms with E-state index in [0.29, 0.717) is 6.04 Å². The summed E-state index contributed by atoms with van der Waals surface area (Å²) < 4.78 is 1.20. The molecule has 1 atom stereocenters. The van der Waals surface area contributed by atoms with E-state index in [2.05, 4.69) is 83.6 Å². The predicted octanol–water partition coefficient (Wildman–Crippen LogP) is 5.29. The van der Waals surface area contributed by atoms with E-state index >= 15 is 0 Å². The summed E-state index contributed by atoms with van der Waals surface area (Å²) in [7, 11) is 0. The van der Waals surface area contributed by atoms with Crippen molar-refractivity contribution >= 4 is 15.9 Å². The van der Waals surface area contributed by atoms with Crippen LogP contribution in [0, 0.1) is 0 Å². The first kappa shape index (κ1) is 16.3. The molecule has 21 heavy (non-hydrogen) atoms. The van der Waals surface area contributed by atoms with E-state index in [0.717, 1.165) is 25.8 Å². The van der Waals surface area contributed by atoms with Gasteiger partial charge >= 0.3 is 0 Å². The van der Waals surface area contributed by atoms with Gasteiger partial charge in [0.15, 0.2) is 0 Å². The largest absolute Gasteiger partial charge is 0.310 e. The topological polar surface area (TPSA) is 12.0 Å². The number of hydrogen-bond donors (Lipinski definition) is 1. The lowest BCUT2D eigenvalue weighted by Crippen LogP contribution is -2.25. The molecule has 0 heterocycles. The van der Waals surface area contributed by atoms with Crippen LogP contribution in [0.4, 0.5) is 0 Å². The zero-order valence-electron chi connectivity index (χ0n) is 12.9. The minimum Gasteiger partial charge on any atom is -0.310 e. The molecule has 0 fully saturated rings. The van der Waals surface area contributed by atoms with E-state index in [-0.39, 0.29) is 0 Å². The van der Waals surface area contributed by atoms with Crippen molar-refractivity contribution in [3.63, 3.8) is 0 Å². The van der Waals surface area contributed by atoms with Crippen molar-refractivity contribution in [2.24, 2.45) is 0 Å². The highest BCUT2D eigenvalue weighted by Crippen LogP contribution is 2.26. The summed E-state index contributed by atoms with van der Waals surface area (Å²) in [5, 5.41) is 3.72. The van der Waals surface area contributed by atoms with E-state index in [1.165, 1.54) is 21.2 Å². The van der Waals surface area contributed by atoms with E-state index in [1.807, 2.05) is 0 Å². The number of aryl methyl sites for hydroxylation is 1. The summed E-state index contributed by atoms with van der Waals surface area (Å²) in [5.74, 6) is 0. The van der Waals surface area contributed by atoms with Gasteiger partial charge in [-0.3, -0.25) is 0 Å². The van der Waals surface area contributed by atoms with Crippen molar-refractivity contribution in [2.75, 3.05) is 6.54 Å². The Hall–Kier alpha value is -1.12. The highest BCUT2D eigenvalue weighted by atomic mass is 79.9. The number of nitrogens with one attached hydrogen (secondary N) is 1. The molecule has 0 saturated carbocycles. The Morgan fingerprint density at radius 3 is 2.29 bits per heavy atom. The van der Waals surface area contributed by atoms with Gasteiger partial charge in [0.25, 0.3) is 0 Å². The van der Waals surface area contributed by atoms with E-state index in [9.17, 15) is 0 Å². The first-order valence-electron chi connectivity index (χ1n) is 7.80. The predicted molar refractivity (Wildman–Crippen MR) is 94.7 cm³/mol. The summed E-state index contributed by atoms with van der Waals surface area (Å²) in [5.41, 5.74) is 4.24. The molecule has 1 nitrogen and oxygen atoms in total. The molecule has 0 aliphatic heterocycles. The molecule has 112 valence electrons. The Bertz CT molecular complexity index is 565. The number of rotatable bonds is 7. The molecule has 2 aromatic rings. The minimum atomic E-state index is 0.375. The van der Waals surface area contributed by atoms with Crippen molar-refractivity contribution in [2.45, 2.75) is 39.2 Å². The second kappa shape index (κ2) is 8.35. The highest BCUT2D eigenvalue weighted by Gasteiger charge is 2.15. The fourth-order valence-corrected chi connectivity index (χ4v) is 3.14. The second-order valence-corrected chi connectivity index (χ2v) is 6.21. The first-order valence-corrected chi connectivity index (χ1v) is 8.60. The van der Waals surface area contributed by atoms with Crippen LogP contribution in [0.15, 0.2) is 53.0 Å². The lowest BCUT2D eigenvalue weighted by atomic mass is 9.93. The molecule has 0 aromatic heterocycles. The van der Waals surface area contributed by atoms with Crippen LogP contribution in [-0.4, -0.2) is 6.54 Å². The average molecular weight is 346 g/mol. The standard InChI is InChI=1S/C19H24BrN/c1-3-13-21-19(14-16-10-6-8-12-18(16)20)17-11-7-5-9-15(17)4-2/h5-12,19,21H,3-4,13-14H2,1-2H3. The van der Waals surface area contributed by atoms with Crippen molar-refractivity contribution in [3.05, 3.63) is 69.7 Å². The smallest absolute Gasteiger partial charge is 0.0363 e. The zero-order chi connectivity index (χ0) is 15.1. The lowest BCUT2D eigenvalue weighted by molar-refractivity contribution is 0.525. The molecule has 1 N–H and O–H groups in total. The fourth-order valence-electron chi connectivity index (χ4n) is 2.69. The number of benzene rings is 2.